The molecule has 0 bridgehead atoms. The molecule has 1 aromatic heterocycles. The molecule has 2 aromatic rings. The van der Waals surface area contributed by atoms with Crippen LogP contribution >= 0.6 is 23.7 Å². The number of aryl methyl sites for hydroxylation is 2. The molecule has 0 atom stereocenters. The van der Waals surface area contributed by atoms with Gasteiger partial charge in [-0.2, -0.15) is 12.7 Å². The summed E-state index contributed by atoms with van der Waals surface area (Å²) in [7, 11) is -1.11. The number of amides is 1. The number of benzene rings is 1. The number of rotatable bonds is 9. The van der Waals surface area contributed by atoms with Crippen LogP contribution in [-0.4, -0.2) is 44.3 Å². The number of nitrogens with zero attached hydrogens (tertiary/aromatic N) is 2. The number of thiazole rings is 1. The summed E-state index contributed by atoms with van der Waals surface area (Å²) in [5, 5.41) is 4.07. The Morgan fingerprint density at radius 2 is 1.89 bits per heavy atom. The number of carbonyl (C=O) groups excluding carboxylic acids is 1. The van der Waals surface area contributed by atoms with Crippen molar-refractivity contribution < 1.29 is 13.2 Å². The van der Waals surface area contributed by atoms with Gasteiger partial charge in [0.2, 0.25) is 0 Å². The summed E-state index contributed by atoms with van der Waals surface area (Å²) >= 11 is 1.39. The molecular weight excluding hydrogens is 408 g/mol. The van der Waals surface area contributed by atoms with Crippen molar-refractivity contribution >= 4 is 39.9 Å². The van der Waals surface area contributed by atoms with Gasteiger partial charge in [0.25, 0.3) is 5.91 Å². The molecule has 0 radical (unpaired) electrons. The molecule has 0 saturated heterocycles. The van der Waals surface area contributed by atoms with Gasteiger partial charge in [-0.1, -0.05) is 30.3 Å². The fourth-order valence-corrected chi connectivity index (χ4v) is 3.66. The zero-order chi connectivity index (χ0) is 19.2. The van der Waals surface area contributed by atoms with Gasteiger partial charge in [0.05, 0.1) is 0 Å². The summed E-state index contributed by atoms with van der Waals surface area (Å²) in [6.45, 7) is 3.14. The molecule has 0 fully saturated rings. The molecule has 1 amide bonds. The van der Waals surface area contributed by atoms with Crippen LogP contribution in [0.1, 0.15) is 32.4 Å². The zero-order valence-electron chi connectivity index (χ0n) is 15.6. The largest absolute Gasteiger partial charge is 0.310 e. The Balaban J connectivity index is 0.00000364. The van der Waals surface area contributed by atoms with Crippen molar-refractivity contribution in [3.63, 3.8) is 0 Å². The van der Waals surface area contributed by atoms with E-state index in [9.17, 15) is 13.2 Å². The Morgan fingerprint density at radius 3 is 2.52 bits per heavy atom. The first kappa shape index (κ1) is 23.5. The number of carbonyl (C=O) groups is 1. The van der Waals surface area contributed by atoms with Gasteiger partial charge in [-0.05, 0) is 31.9 Å². The van der Waals surface area contributed by atoms with E-state index in [0.717, 1.165) is 28.7 Å². The average Bonchev–Trinajstić information content (AvgIpc) is 2.96. The lowest BCUT2D eigenvalue weighted by molar-refractivity contribution is 0.0975. The maximum atomic E-state index is 12.1. The molecule has 2 N–H and O–H groups in total. The lowest BCUT2D eigenvalue weighted by Gasteiger charge is -2.11. The molecule has 27 heavy (non-hydrogen) atoms. The summed E-state index contributed by atoms with van der Waals surface area (Å²) in [6, 6.07) is 10.3. The third kappa shape index (κ3) is 7.19. The van der Waals surface area contributed by atoms with Crippen LogP contribution in [0, 0.1) is 6.92 Å². The van der Waals surface area contributed by atoms with E-state index in [1.165, 1.54) is 31.0 Å². The second kappa shape index (κ2) is 10.7. The molecule has 10 heteroatoms. The molecule has 7 nitrogen and oxygen atoms in total. The number of aromatic nitrogens is 1. The van der Waals surface area contributed by atoms with Crippen LogP contribution in [0.4, 0.5) is 0 Å². The molecule has 0 aliphatic carbocycles. The minimum absolute atomic E-state index is 0. The standard InChI is InChI=1S/C17H24N4O3S2.ClH/c1-13-16(17(22)20-26(23,24)21(2)3)19-15(25-13)12-18-11-7-10-14-8-5-4-6-9-14;/h4-6,8-9,18H,7,10-12H2,1-3H3,(H,20,22);1H. The van der Waals surface area contributed by atoms with Crippen molar-refractivity contribution in [1.82, 2.24) is 19.3 Å². The third-order valence-electron chi connectivity index (χ3n) is 3.70. The molecule has 1 heterocycles. The van der Waals surface area contributed by atoms with E-state index in [0.29, 0.717) is 11.4 Å². The van der Waals surface area contributed by atoms with Crippen molar-refractivity contribution in [1.29, 1.82) is 0 Å². The van der Waals surface area contributed by atoms with Crippen molar-refractivity contribution in [3.05, 3.63) is 51.5 Å². The Labute approximate surface area is 170 Å². The highest BCUT2D eigenvalue weighted by atomic mass is 35.5. The van der Waals surface area contributed by atoms with Gasteiger partial charge in [-0.15, -0.1) is 23.7 Å². The second-order valence-corrected chi connectivity index (χ2v) is 9.17. The molecular formula is C17H25ClN4O3S2. The lowest BCUT2D eigenvalue weighted by Crippen LogP contribution is -2.39. The van der Waals surface area contributed by atoms with Gasteiger partial charge in [0, 0.05) is 25.5 Å². The second-order valence-electron chi connectivity index (χ2n) is 6.00. The average molecular weight is 433 g/mol. The summed E-state index contributed by atoms with van der Waals surface area (Å²) in [4.78, 5) is 17.1. The van der Waals surface area contributed by atoms with E-state index in [4.69, 9.17) is 0 Å². The Hall–Kier alpha value is -1.52. The number of hydrogen-bond donors (Lipinski definition) is 2. The predicted octanol–water partition coefficient (Wildman–Crippen LogP) is 2.13. The molecule has 0 aliphatic heterocycles. The van der Waals surface area contributed by atoms with E-state index >= 15 is 0 Å². The molecule has 150 valence electrons. The summed E-state index contributed by atoms with van der Waals surface area (Å²) in [5.74, 6) is -0.706. The highest BCUT2D eigenvalue weighted by Gasteiger charge is 2.22. The maximum absolute atomic E-state index is 12.1. The van der Waals surface area contributed by atoms with Crippen LogP contribution in [0.5, 0.6) is 0 Å². The van der Waals surface area contributed by atoms with Gasteiger partial charge in [0.1, 0.15) is 10.7 Å². The smallest absolute Gasteiger partial charge is 0.303 e. The minimum Gasteiger partial charge on any atom is -0.310 e. The molecule has 0 unspecified atom stereocenters. The molecule has 2 rings (SSSR count). The summed E-state index contributed by atoms with van der Waals surface area (Å²) in [5.41, 5.74) is 1.46. The van der Waals surface area contributed by atoms with Crippen LogP contribution in [0.3, 0.4) is 0 Å². The van der Waals surface area contributed by atoms with Crippen LogP contribution in [-0.2, 0) is 23.2 Å². The van der Waals surface area contributed by atoms with Crippen LogP contribution < -0.4 is 10.0 Å². The first-order chi connectivity index (χ1) is 12.3. The van der Waals surface area contributed by atoms with Crippen LogP contribution in [0.2, 0.25) is 0 Å². The fraction of sp³-hybridized carbons (Fsp3) is 0.412. The summed E-state index contributed by atoms with van der Waals surface area (Å²) in [6.07, 6.45) is 2.00. The SMILES string of the molecule is Cc1sc(CNCCCc2ccccc2)nc1C(=O)NS(=O)(=O)N(C)C.Cl. The minimum atomic E-state index is -3.82. The van der Waals surface area contributed by atoms with Gasteiger partial charge < -0.3 is 5.32 Å². The van der Waals surface area contributed by atoms with E-state index in [1.54, 1.807) is 6.92 Å². The molecule has 1 aromatic carbocycles. The zero-order valence-corrected chi connectivity index (χ0v) is 18.0. The number of halogens is 1. The monoisotopic (exact) mass is 432 g/mol. The Morgan fingerprint density at radius 1 is 1.22 bits per heavy atom. The maximum Gasteiger partial charge on any atom is 0.303 e. The summed E-state index contributed by atoms with van der Waals surface area (Å²) < 4.78 is 26.5. The topological polar surface area (TPSA) is 91.4 Å². The first-order valence-corrected chi connectivity index (χ1v) is 10.5. The van der Waals surface area contributed by atoms with Crippen molar-refractivity contribution in [2.45, 2.75) is 26.3 Å². The van der Waals surface area contributed by atoms with Crippen LogP contribution in [0.25, 0.3) is 0 Å². The Bertz CT molecular complexity index is 839. The van der Waals surface area contributed by atoms with Crippen molar-refractivity contribution in [2.75, 3.05) is 20.6 Å². The predicted molar refractivity (Wildman–Crippen MR) is 111 cm³/mol. The lowest BCUT2D eigenvalue weighted by atomic mass is 10.1. The molecule has 0 saturated carbocycles. The number of hydrogen-bond acceptors (Lipinski definition) is 6. The quantitative estimate of drug-likeness (QED) is 0.592. The first-order valence-electron chi connectivity index (χ1n) is 8.25. The normalized spacial score (nSPS) is 11.3. The van der Waals surface area contributed by atoms with Crippen molar-refractivity contribution in [3.8, 4) is 0 Å². The van der Waals surface area contributed by atoms with Crippen LogP contribution in [0.15, 0.2) is 30.3 Å². The van der Waals surface area contributed by atoms with E-state index in [1.807, 2.05) is 22.9 Å². The highest BCUT2D eigenvalue weighted by Crippen LogP contribution is 2.17. The third-order valence-corrected chi connectivity index (χ3v) is 6.07. The number of nitrogens with one attached hydrogen (secondary N) is 2. The van der Waals surface area contributed by atoms with Gasteiger partial charge in [-0.25, -0.2) is 9.71 Å². The highest BCUT2D eigenvalue weighted by molar-refractivity contribution is 7.87. The van der Waals surface area contributed by atoms with Gasteiger partial charge in [-0.3, -0.25) is 4.79 Å². The Kier molecular flexibility index (Phi) is 9.34. The van der Waals surface area contributed by atoms with Gasteiger partial charge in [0.15, 0.2) is 0 Å². The fourth-order valence-electron chi connectivity index (χ4n) is 2.25. The van der Waals surface area contributed by atoms with Crippen molar-refractivity contribution in [2.24, 2.45) is 0 Å². The van der Waals surface area contributed by atoms with E-state index in [2.05, 4.69) is 22.4 Å². The van der Waals surface area contributed by atoms with E-state index < -0.39 is 16.1 Å². The molecule has 0 spiro atoms. The molecule has 0 aliphatic rings. The van der Waals surface area contributed by atoms with Gasteiger partial charge >= 0.3 is 10.2 Å². The van der Waals surface area contributed by atoms with E-state index in [-0.39, 0.29) is 18.1 Å².